The van der Waals surface area contributed by atoms with E-state index in [9.17, 15) is 0 Å². The number of hydrogen-bond donors (Lipinski definition) is 0. The molecule has 0 spiro atoms. The molecule has 1 nitrogen and oxygen atoms in total. The molecule has 0 unspecified atom stereocenters. The molecule has 254 valence electrons. The quantitative estimate of drug-likeness (QED) is 0.160. The molecule has 0 aliphatic rings. The maximum atomic E-state index is 2.47. The third kappa shape index (κ3) is 5.65. The van der Waals surface area contributed by atoms with Crippen molar-refractivity contribution in [2.75, 3.05) is 4.90 Å². The standard InChI is InChI=1S/C52H35NS/c1-4-15-36(16-5-1)37-27-29-38(30-28-37)39-31-33-42(34-32-39)53(48-24-13-12-21-43(48)40-17-6-2-7-18-40)49-25-14-26-50-51(49)47-35-46(41-19-8-3-9-20-41)44-22-10-11-23-45(44)52(47)54-50/h1-35H. The van der Waals surface area contributed by atoms with E-state index in [4.69, 9.17) is 0 Å². The van der Waals surface area contributed by atoms with E-state index in [1.807, 2.05) is 11.3 Å². The molecule has 0 saturated carbocycles. The van der Waals surface area contributed by atoms with E-state index in [0.717, 1.165) is 17.1 Å². The maximum Gasteiger partial charge on any atom is 0.0555 e. The summed E-state index contributed by atoms with van der Waals surface area (Å²) in [6.07, 6.45) is 0. The molecule has 2 heteroatoms. The van der Waals surface area contributed by atoms with Gasteiger partial charge in [0, 0.05) is 36.8 Å². The molecule has 9 aromatic carbocycles. The number of anilines is 3. The summed E-state index contributed by atoms with van der Waals surface area (Å²) >= 11 is 1.89. The summed E-state index contributed by atoms with van der Waals surface area (Å²) in [5.41, 5.74) is 13.1. The first-order valence-corrected chi connectivity index (χ1v) is 19.2. The van der Waals surface area contributed by atoms with E-state index in [1.54, 1.807) is 0 Å². The Morgan fingerprint density at radius 2 is 0.796 bits per heavy atom. The van der Waals surface area contributed by atoms with Crippen molar-refractivity contribution in [1.82, 2.24) is 0 Å². The highest BCUT2D eigenvalue weighted by molar-refractivity contribution is 7.26. The topological polar surface area (TPSA) is 3.24 Å². The Morgan fingerprint density at radius 3 is 1.44 bits per heavy atom. The van der Waals surface area contributed by atoms with Gasteiger partial charge in [0.25, 0.3) is 0 Å². The van der Waals surface area contributed by atoms with Gasteiger partial charge in [-0.1, -0.05) is 176 Å². The second-order valence-electron chi connectivity index (χ2n) is 13.7. The van der Waals surface area contributed by atoms with Gasteiger partial charge in [-0.15, -0.1) is 11.3 Å². The van der Waals surface area contributed by atoms with E-state index in [1.165, 1.54) is 75.5 Å². The number of nitrogens with zero attached hydrogens (tertiary/aromatic N) is 1. The van der Waals surface area contributed by atoms with Crippen LogP contribution in [0.2, 0.25) is 0 Å². The molecule has 0 bridgehead atoms. The SMILES string of the molecule is c1ccc(-c2ccc(-c3ccc(N(c4ccccc4-c4ccccc4)c4cccc5sc6c7ccccc7c(-c7ccccc7)cc6c45)cc3)cc2)cc1. The Hall–Kier alpha value is -6.74. The lowest BCUT2D eigenvalue weighted by atomic mass is 9.95. The Bertz CT molecular complexity index is 2890. The van der Waals surface area contributed by atoms with Crippen LogP contribution < -0.4 is 4.90 Å². The maximum absolute atomic E-state index is 2.47. The highest BCUT2D eigenvalue weighted by Crippen LogP contribution is 2.50. The van der Waals surface area contributed by atoms with E-state index < -0.39 is 0 Å². The summed E-state index contributed by atoms with van der Waals surface area (Å²) in [6, 6.07) is 77.0. The third-order valence-corrected chi connectivity index (χ3v) is 11.7. The minimum absolute atomic E-state index is 1.11. The summed E-state index contributed by atoms with van der Waals surface area (Å²) in [5.74, 6) is 0. The molecule has 54 heavy (non-hydrogen) atoms. The van der Waals surface area contributed by atoms with Gasteiger partial charge in [-0.25, -0.2) is 0 Å². The van der Waals surface area contributed by atoms with Gasteiger partial charge >= 0.3 is 0 Å². The van der Waals surface area contributed by atoms with Crippen LogP contribution in [0, 0.1) is 0 Å². The minimum Gasteiger partial charge on any atom is -0.309 e. The predicted octanol–water partition coefficient (Wildman–Crippen LogP) is 15.3. The Labute approximate surface area is 319 Å². The van der Waals surface area contributed by atoms with Crippen LogP contribution in [0.15, 0.2) is 212 Å². The monoisotopic (exact) mass is 705 g/mol. The first kappa shape index (κ1) is 32.0. The third-order valence-electron chi connectivity index (χ3n) is 10.5. The fraction of sp³-hybridized carbons (Fsp3) is 0. The van der Waals surface area contributed by atoms with Gasteiger partial charge in [0.2, 0.25) is 0 Å². The zero-order valence-electron chi connectivity index (χ0n) is 29.6. The van der Waals surface area contributed by atoms with Crippen LogP contribution in [0.4, 0.5) is 17.1 Å². The lowest BCUT2D eigenvalue weighted by Gasteiger charge is -2.29. The van der Waals surface area contributed by atoms with Crippen molar-refractivity contribution in [3.8, 4) is 44.5 Å². The average molecular weight is 706 g/mol. The largest absolute Gasteiger partial charge is 0.309 e. The number of hydrogen-bond acceptors (Lipinski definition) is 2. The number of fused-ring (bicyclic) bond motifs is 5. The van der Waals surface area contributed by atoms with Gasteiger partial charge in [-0.2, -0.15) is 0 Å². The zero-order chi connectivity index (χ0) is 35.8. The van der Waals surface area contributed by atoms with Crippen molar-refractivity contribution in [1.29, 1.82) is 0 Å². The molecule has 1 aromatic heterocycles. The van der Waals surface area contributed by atoms with Crippen LogP contribution in [-0.2, 0) is 0 Å². The normalized spacial score (nSPS) is 11.3. The van der Waals surface area contributed by atoms with Crippen LogP contribution in [0.25, 0.3) is 75.5 Å². The summed E-state index contributed by atoms with van der Waals surface area (Å²) in [7, 11) is 0. The number of thiophene rings is 1. The van der Waals surface area contributed by atoms with E-state index in [0.29, 0.717) is 0 Å². The fourth-order valence-electron chi connectivity index (χ4n) is 7.90. The smallest absolute Gasteiger partial charge is 0.0555 e. The van der Waals surface area contributed by atoms with Gasteiger partial charge in [-0.3, -0.25) is 0 Å². The van der Waals surface area contributed by atoms with E-state index in [-0.39, 0.29) is 0 Å². The number of rotatable bonds is 7. The number of benzene rings is 9. The molecular weight excluding hydrogens is 671 g/mol. The summed E-state index contributed by atoms with van der Waals surface area (Å²) in [6.45, 7) is 0. The fourth-order valence-corrected chi connectivity index (χ4v) is 9.14. The summed E-state index contributed by atoms with van der Waals surface area (Å²) < 4.78 is 2.59. The molecule has 0 aliphatic carbocycles. The number of para-hydroxylation sites is 1. The molecule has 0 aliphatic heterocycles. The van der Waals surface area contributed by atoms with Crippen LogP contribution in [-0.4, -0.2) is 0 Å². The van der Waals surface area contributed by atoms with Crippen molar-refractivity contribution in [2.24, 2.45) is 0 Å². The molecule has 0 amide bonds. The Morgan fingerprint density at radius 1 is 0.315 bits per heavy atom. The molecule has 0 saturated heterocycles. The van der Waals surface area contributed by atoms with E-state index >= 15 is 0 Å². The van der Waals surface area contributed by atoms with Gasteiger partial charge in [0.15, 0.2) is 0 Å². The Kier molecular flexibility index (Phi) is 8.09. The molecule has 0 atom stereocenters. The molecule has 0 radical (unpaired) electrons. The summed E-state index contributed by atoms with van der Waals surface area (Å²) in [5, 5.41) is 5.12. The van der Waals surface area contributed by atoms with Gasteiger partial charge in [-0.05, 0) is 80.7 Å². The van der Waals surface area contributed by atoms with Crippen LogP contribution >= 0.6 is 11.3 Å². The van der Waals surface area contributed by atoms with E-state index in [2.05, 4.69) is 217 Å². The lowest BCUT2D eigenvalue weighted by Crippen LogP contribution is -2.11. The van der Waals surface area contributed by atoms with Gasteiger partial charge < -0.3 is 4.90 Å². The van der Waals surface area contributed by atoms with Gasteiger partial charge in [0.05, 0.1) is 11.4 Å². The van der Waals surface area contributed by atoms with Gasteiger partial charge in [0.1, 0.15) is 0 Å². The average Bonchev–Trinajstić information content (AvgIpc) is 3.65. The summed E-state index contributed by atoms with van der Waals surface area (Å²) in [4.78, 5) is 2.47. The van der Waals surface area contributed by atoms with Crippen LogP contribution in [0.5, 0.6) is 0 Å². The Balaban J connectivity index is 1.18. The zero-order valence-corrected chi connectivity index (χ0v) is 30.4. The van der Waals surface area contributed by atoms with Crippen molar-refractivity contribution in [2.45, 2.75) is 0 Å². The highest BCUT2D eigenvalue weighted by atomic mass is 32.1. The predicted molar refractivity (Wildman–Crippen MR) is 233 cm³/mol. The highest BCUT2D eigenvalue weighted by Gasteiger charge is 2.22. The molecule has 0 fully saturated rings. The van der Waals surface area contributed by atoms with Crippen molar-refractivity contribution < 1.29 is 0 Å². The van der Waals surface area contributed by atoms with Crippen molar-refractivity contribution in [3.63, 3.8) is 0 Å². The molecule has 1 heterocycles. The van der Waals surface area contributed by atoms with Crippen LogP contribution in [0.1, 0.15) is 0 Å². The molecule has 10 rings (SSSR count). The molecule has 0 N–H and O–H groups in total. The minimum atomic E-state index is 1.11. The van der Waals surface area contributed by atoms with Crippen LogP contribution in [0.3, 0.4) is 0 Å². The first-order chi connectivity index (χ1) is 26.8. The molecule has 10 aromatic rings. The van der Waals surface area contributed by atoms with Crippen molar-refractivity contribution in [3.05, 3.63) is 212 Å². The molecular formula is C52H35NS. The second kappa shape index (κ2) is 13.7. The second-order valence-corrected chi connectivity index (χ2v) is 14.7. The lowest BCUT2D eigenvalue weighted by molar-refractivity contribution is 1.30. The van der Waals surface area contributed by atoms with Crippen molar-refractivity contribution >= 4 is 59.3 Å². The first-order valence-electron chi connectivity index (χ1n) is 18.4.